The molecule has 3 nitrogen and oxygen atoms in total. The first-order valence-corrected chi connectivity index (χ1v) is 7.24. The van der Waals surface area contributed by atoms with Crippen molar-refractivity contribution in [1.82, 2.24) is 5.32 Å². The smallest absolute Gasteiger partial charge is 0.249 e. The van der Waals surface area contributed by atoms with Crippen LogP contribution in [-0.2, 0) is 9.53 Å². The van der Waals surface area contributed by atoms with Crippen molar-refractivity contribution in [2.24, 2.45) is 5.92 Å². The first-order chi connectivity index (χ1) is 7.63. The van der Waals surface area contributed by atoms with Crippen LogP contribution < -0.4 is 5.32 Å². The lowest BCUT2D eigenvalue weighted by atomic mass is 10.1. The highest BCUT2D eigenvalue weighted by atomic mass is 79.9. The third-order valence-corrected chi connectivity index (χ3v) is 4.07. The Morgan fingerprint density at radius 1 is 1.56 bits per heavy atom. The van der Waals surface area contributed by atoms with Crippen molar-refractivity contribution in [3.63, 3.8) is 0 Å². The Morgan fingerprint density at radius 2 is 2.31 bits per heavy atom. The summed E-state index contributed by atoms with van der Waals surface area (Å²) in [7, 11) is 0. The standard InChI is InChI=1S/C12H22BrNO2/c1-9(8-13)4-3-7-14-12(15)11-6-5-10(2)16-11/h9-11H,3-8H2,1-2H3,(H,14,15). The van der Waals surface area contributed by atoms with Gasteiger partial charge in [-0.3, -0.25) is 4.79 Å². The maximum absolute atomic E-state index is 11.7. The molecular weight excluding hydrogens is 270 g/mol. The number of carbonyl (C=O) groups is 1. The molecular formula is C12H22BrNO2. The van der Waals surface area contributed by atoms with Crippen molar-refractivity contribution in [1.29, 1.82) is 0 Å². The Labute approximate surface area is 106 Å². The highest BCUT2D eigenvalue weighted by Gasteiger charge is 2.27. The van der Waals surface area contributed by atoms with Crippen molar-refractivity contribution < 1.29 is 9.53 Å². The number of nitrogens with one attached hydrogen (secondary N) is 1. The van der Waals surface area contributed by atoms with Crippen LogP contribution in [-0.4, -0.2) is 30.0 Å². The predicted octanol–water partition coefficient (Wildman–Crippen LogP) is 2.48. The second kappa shape index (κ2) is 7.28. The van der Waals surface area contributed by atoms with Crippen molar-refractivity contribution in [3.8, 4) is 0 Å². The fraction of sp³-hybridized carbons (Fsp3) is 0.917. The van der Waals surface area contributed by atoms with Gasteiger partial charge < -0.3 is 10.1 Å². The molecule has 16 heavy (non-hydrogen) atoms. The summed E-state index contributed by atoms with van der Waals surface area (Å²) in [6.07, 6.45) is 4.09. The number of carbonyl (C=O) groups excluding carboxylic acids is 1. The first-order valence-electron chi connectivity index (χ1n) is 6.12. The SMILES string of the molecule is CC(CBr)CCCNC(=O)C1CCC(C)O1. The monoisotopic (exact) mass is 291 g/mol. The number of ether oxygens (including phenoxy) is 1. The minimum Gasteiger partial charge on any atom is -0.365 e. The van der Waals surface area contributed by atoms with E-state index >= 15 is 0 Å². The van der Waals surface area contributed by atoms with Gasteiger partial charge in [-0.1, -0.05) is 22.9 Å². The largest absolute Gasteiger partial charge is 0.365 e. The molecule has 1 amide bonds. The molecule has 0 spiro atoms. The molecule has 0 saturated carbocycles. The van der Waals surface area contributed by atoms with Crippen LogP contribution in [0, 0.1) is 5.92 Å². The van der Waals surface area contributed by atoms with E-state index in [0.29, 0.717) is 5.92 Å². The van der Waals surface area contributed by atoms with E-state index in [4.69, 9.17) is 4.74 Å². The van der Waals surface area contributed by atoms with Crippen molar-refractivity contribution >= 4 is 21.8 Å². The van der Waals surface area contributed by atoms with Gasteiger partial charge in [0.15, 0.2) is 0 Å². The van der Waals surface area contributed by atoms with Gasteiger partial charge in [-0.15, -0.1) is 0 Å². The normalized spacial score (nSPS) is 26.7. The molecule has 0 radical (unpaired) electrons. The maximum Gasteiger partial charge on any atom is 0.249 e. The average Bonchev–Trinajstić information content (AvgIpc) is 2.70. The highest BCUT2D eigenvalue weighted by Crippen LogP contribution is 2.18. The molecule has 4 heteroatoms. The minimum atomic E-state index is -0.205. The van der Waals surface area contributed by atoms with Gasteiger partial charge in [0.25, 0.3) is 0 Å². The Morgan fingerprint density at radius 3 is 2.88 bits per heavy atom. The summed E-state index contributed by atoms with van der Waals surface area (Å²) in [5.74, 6) is 0.746. The first kappa shape index (κ1) is 14.0. The summed E-state index contributed by atoms with van der Waals surface area (Å²) in [5, 5.41) is 3.98. The Bertz CT molecular complexity index is 223. The van der Waals surface area contributed by atoms with E-state index in [-0.39, 0.29) is 18.1 Å². The molecule has 1 fully saturated rings. The zero-order chi connectivity index (χ0) is 12.0. The lowest BCUT2D eigenvalue weighted by Crippen LogP contribution is -2.35. The lowest BCUT2D eigenvalue weighted by molar-refractivity contribution is -0.131. The fourth-order valence-corrected chi connectivity index (χ4v) is 2.17. The molecule has 0 aliphatic carbocycles. The van der Waals surface area contributed by atoms with Crippen molar-refractivity contribution in [3.05, 3.63) is 0 Å². The number of alkyl halides is 1. The number of hydrogen-bond donors (Lipinski definition) is 1. The van der Waals surface area contributed by atoms with E-state index in [9.17, 15) is 4.79 Å². The summed E-state index contributed by atoms with van der Waals surface area (Å²) < 4.78 is 5.50. The Kier molecular flexibility index (Phi) is 6.36. The fourth-order valence-electron chi connectivity index (χ4n) is 1.85. The summed E-state index contributed by atoms with van der Waals surface area (Å²) in [4.78, 5) is 11.7. The minimum absolute atomic E-state index is 0.0656. The second-order valence-corrected chi connectivity index (χ2v) is 5.35. The van der Waals surface area contributed by atoms with E-state index in [1.807, 2.05) is 6.92 Å². The second-order valence-electron chi connectivity index (χ2n) is 4.71. The van der Waals surface area contributed by atoms with Crippen LogP contribution in [0.3, 0.4) is 0 Å². The average molecular weight is 292 g/mol. The predicted molar refractivity (Wildman–Crippen MR) is 68.8 cm³/mol. The number of rotatable bonds is 6. The van der Waals surface area contributed by atoms with Gasteiger partial charge in [-0.25, -0.2) is 0 Å². The van der Waals surface area contributed by atoms with Gasteiger partial charge in [0.05, 0.1) is 6.10 Å². The van der Waals surface area contributed by atoms with Gasteiger partial charge in [-0.05, 0) is 38.5 Å². The van der Waals surface area contributed by atoms with Crippen LogP contribution in [0.4, 0.5) is 0 Å². The topological polar surface area (TPSA) is 38.3 Å². The van der Waals surface area contributed by atoms with Crippen LogP contribution in [0.25, 0.3) is 0 Å². The summed E-state index contributed by atoms with van der Waals surface area (Å²) in [5.41, 5.74) is 0. The molecule has 1 heterocycles. The van der Waals surface area contributed by atoms with E-state index in [1.165, 1.54) is 0 Å². The van der Waals surface area contributed by atoms with E-state index in [1.54, 1.807) is 0 Å². The number of hydrogen-bond acceptors (Lipinski definition) is 2. The van der Waals surface area contributed by atoms with Crippen LogP contribution in [0.2, 0.25) is 0 Å². The van der Waals surface area contributed by atoms with Crippen LogP contribution in [0.1, 0.15) is 39.5 Å². The Balaban J connectivity index is 2.06. The van der Waals surface area contributed by atoms with E-state index in [2.05, 4.69) is 28.2 Å². The van der Waals surface area contributed by atoms with Gasteiger partial charge >= 0.3 is 0 Å². The van der Waals surface area contributed by atoms with Crippen LogP contribution >= 0.6 is 15.9 Å². The molecule has 1 saturated heterocycles. The van der Waals surface area contributed by atoms with Crippen LogP contribution in [0.15, 0.2) is 0 Å². The molecule has 1 rings (SSSR count). The molecule has 1 N–H and O–H groups in total. The molecule has 0 aromatic carbocycles. The summed E-state index contributed by atoms with van der Waals surface area (Å²) in [6.45, 7) is 4.99. The van der Waals surface area contributed by atoms with Gasteiger partial charge in [0.1, 0.15) is 6.10 Å². The van der Waals surface area contributed by atoms with Gasteiger partial charge in [-0.2, -0.15) is 0 Å². The van der Waals surface area contributed by atoms with Gasteiger partial charge in [0, 0.05) is 11.9 Å². The quantitative estimate of drug-likeness (QED) is 0.603. The summed E-state index contributed by atoms with van der Waals surface area (Å²) in [6, 6.07) is 0. The molecule has 0 aromatic heterocycles. The number of halogens is 1. The zero-order valence-corrected chi connectivity index (χ0v) is 11.8. The zero-order valence-electron chi connectivity index (χ0n) is 10.2. The molecule has 1 aliphatic heterocycles. The lowest BCUT2D eigenvalue weighted by Gasteiger charge is -2.12. The van der Waals surface area contributed by atoms with Crippen LogP contribution in [0.5, 0.6) is 0 Å². The van der Waals surface area contributed by atoms with E-state index in [0.717, 1.165) is 37.6 Å². The highest BCUT2D eigenvalue weighted by molar-refractivity contribution is 9.09. The molecule has 0 aromatic rings. The van der Waals surface area contributed by atoms with Crippen molar-refractivity contribution in [2.75, 3.05) is 11.9 Å². The van der Waals surface area contributed by atoms with Crippen molar-refractivity contribution in [2.45, 2.75) is 51.7 Å². The third-order valence-electron chi connectivity index (χ3n) is 2.96. The molecule has 3 atom stereocenters. The number of amides is 1. The third kappa shape index (κ3) is 4.83. The Hall–Kier alpha value is -0.0900. The molecule has 3 unspecified atom stereocenters. The van der Waals surface area contributed by atoms with Gasteiger partial charge in [0.2, 0.25) is 5.91 Å². The molecule has 1 aliphatic rings. The summed E-state index contributed by atoms with van der Waals surface area (Å²) >= 11 is 3.45. The van der Waals surface area contributed by atoms with E-state index < -0.39 is 0 Å². The molecule has 94 valence electrons. The molecule has 0 bridgehead atoms. The maximum atomic E-state index is 11.7.